The van der Waals surface area contributed by atoms with E-state index in [0.29, 0.717) is 29.7 Å². The molecule has 0 fully saturated rings. The summed E-state index contributed by atoms with van der Waals surface area (Å²) < 4.78 is 0. The Labute approximate surface area is 124 Å². The predicted molar refractivity (Wildman–Crippen MR) is 78.6 cm³/mol. The van der Waals surface area contributed by atoms with Crippen molar-refractivity contribution in [3.8, 4) is 11.5 Å². The Morgan fingerprint density at radius 1 is 1.14 bits per heavy atom. The van der Waals surface area contributed by atoms with Crippen LogP contribution in [0.2, 0.25) is 0 Å². The second kappa shape index (κ2) is 5.20. The van der Waals surface area contributed by atoms with Crippen molar-refractivity contribution >= 4 is 16.9 Å². The van der Waals surface area contributed by atoms with Crippen molar-refractivity contribution in [2.24, 2.45) is 0 Å². The monoisotopic (exact) mass is 293 g/mol. The molecule has 0 amide bonds. The molecule has 0 saturated heterocycles. The number of aromatic amines is 2. The van der Waals surface area contributed by atoms with Gasteiger partial charge in [-0.15, -0.1) is 0 Å². The molecule has 0 aromatic carbocycles. The van der Waals surface area contributed by atoms with Crippen LogP contribution in [0.15, 0.2) is 37.2 Å². The minimum Gasteiger partial charge on any atom is -0.361 e. The van der Waals surface area contributed by atoms with E-state index in [1.54, 1.807) is 18.6 Å². The normalized spacial score (nSPS) is 10.9. The van der Waals surface area contributed by atoms with E-state index in [0.717, 1.165) is 11.0 Å². The number of aromatic nitrogens is 8. The van der Waals surface area contributed by atoms with Crippen LogP contribution in [0.25, 0.3) is 22.6 Å². The largest absolute Gasteiger partial charge is 0.361 e. The van der Waals surface area contributed by atoms with Gasteiger partial charge in [-0.1, -0.05) is 0 Å². The van der Waals surface area contributed by atoms with Crippen LogP contribution in [0.1, 0.15) is 5.82 Å². The molecule has 108 valence electrons. The van der Waals surface area contributed by atoms with Gasteiger partial charge in [-0.3, -0.25) is 10.1 Å². The first kappa shape index (κ1) is 12.4. The van der Waals surface area contributed by atoms with Gasteiger partial charge < -0.3 is 10.3 Å². The summed E-state index contributed by atoms with van der Waals surface area (Å²) in [5, 5.41) is 10.2. The molecule has 4 aromatic rings. The molecule has 0 bridgehead atoms. The molecule has 0 aliphatic carbocycles. The van der Waals surface area contributed by atoms with Crippen LogP contribution in [-0.4, -0.2) is 40.1 Å². The Balaban J connectivity index is 1.53. The van der Waals surface area contributed by atoms with Gasteiger partial charge in [0.25, 0.3) is 0 Å². The number of hydrogen-bond donors (Lipinski definition) is 3. The Hall–Kier alpha value is -3.36. The molecule has 9 nitrogen and oxygen atoms in total. The fourth-order valence-electron chi connectivity index (χ4n) is 2.08. The Bertz CT molecular complexity index is 896. The van der Waals surface area contributed by atoms with Gasteiger partial charge in [-0.2, -0.15) is 5.10 Å². The number of anilines is 1. The van der Waals surface area contributed by atoms with Crippen LogP contribution < -0.4 is 5.32 Å². The Morgan fingerprint density at radius 3 is 3.05 bits per heavy atom. The van der Waals surface area contributed by atoms with Gasteiger partial charge in [-0.25, -0.2) is 19.9 Å². The quantitative estimate of drug-likeness (QED) is 0.516. The van der Waals surface area contributed by atoms with E-state index in [1.165, 1.54) is 6.33 Å². The number of nitrogens with one attached hydrogen (secondary N) is 3. The highest BCUT2D eigenvalue weighted by Gasteiger charge is 2.08. The highest BCUT2D eigenvalue weighted by molar-refractivity contribution is 5.85. The molecule has 0 unspecified atom stereocenters. The summed E-state index contributed by atoms with van der Waals surface area (Å²) in [5.74, 6) is 1.91. The zero-order valence-corrected chi connectivity index (χ0v) is 11.4. The van der Waals surface area contributed by atoms with Crippen LogP contribution in [0.5, 0.6) is 0 Å². The molecule has 9 heteroatoms. The molecule has 4 heterocycles. The second-order valence-electron chi connectivity index (χ2n) is 4.51. The third kappa shape index (κ3) is 2.24. The first-order valence-corrected chi connectivity index (χ1v) is 6.60. The molecule has 0 aliphatic heterocycles. The molecule has 4 aromatic heterocycles. The fourth-order valence-corrected chi connectivity index (χ4v) is 2.08. The fraction of sp³-hybridized carbons (Fsp3) is 0.0769. The molecular formula is C13H11N9. The zero-order chi connectivity index (χ0) is 14.8. The van der Waals surface area contributed by atoms with Gasteiger partial charge in [-0.05, 0) is 6.07 Å². The molecule has 0 atom stereocenters. The third-order valence-electron chi connectivity index (χ3n) is 3.09. The van der Waals surface area contributed by atoms with Crippen LogP contribution in [0.3, 0.4) is 0 Å². The maximum Gasteiger partial charge on any atom is 0.201 e. The SMILES string of the molecule is c1cnc(-c2n[nH]c(CNc3ncnc4cc[nH]c34)n2)cn1. The number of hydrogen-bond acceptors (Lipinski definition) is 7. The predicted octanol–water partition coefficient (Wildman–Crippen LogP) is 1.15. The molecule has 3 N–H and O–H groups in total. The summed E-state index contributed by atoms with van der Waals surface area (Å²) in [6, 6.07) is 1.89. The zero-order valence-electron chi connectivity index (χ0n) is 11.4. The molecule has 22 heavy (non-hydrogen) atoms. The van der Waals surface area contributed by atoms with E-state index in [2.05, 4.69) is 45.4 Å². The third-order valence-corrected chi connectivity index (χ3v) is 3.09. The van der Waals surface area contributed by atoms with E-state index in [9.17, 15) is 0 Å². The molecule has 0 aliphatic rings. The average Bonchev–Trinajstić information content (AvgIpc) is 3.23. The number of rotatable bonds is 4. The van der Waals surface area contributed by atoms with Crippen molar-refractivity contribution in [3.05, 3.63) is 43.0 Å². The van der Waals surface area contributed by atoms with Gasteiger partial charge in [0.1, 0.15) is 23.4 Å². The minimum absolute atomic E-state index is 0.457. The highest BCUT2D eigenvalue weighted by Crippen LogP contribution is 2.17. The van der Waals surface area contributed by atoms with Crippen LogP contribution in [0, 0.1) is 0 Å². The van der Waals surface area contributed by atoms with Gasteiger partial charge >= 0.3 is 0 Å². The van der Waals surface area contributed by atoms with E-state index in [-0.39, 0.29) is 0 Å². The van der Waals surface area contributed by atoms with Crippen LogP contribution in [0.4, 0.5) is 5.82 Å². The van der Waals surface area contributed by atoms with Gasteiger partial charge in [0.05, 0.1) is 18.3 Å². The maximum atomic E-state index is 4.38. The Morgan fingerprint density at radius 2 is 2.14 bits per heavy atom. The summed E-state index contributed by atoms with van der Waals surface area (Å²) >= 11 is 0. The van der Waals surface area contributed by atoms with Gasteiger partial charge in [0.2, 0.25) is 5.82 Å². The smallest absolute Gasteiger partial charge is 0.201 e. The van der Waals surface area contributed by atoms with Crippen molar-refractivity contribution in [2.45, 2.75) is 6.54 Å². The number of H-pyrrole nitrogens is 2. The minimum atomic E-state index is 0.457. The lowest BCUT2D eigenvalue weighted by Crippen LogP contribution is -2.04. The molecule has 0 spiro atoms. The number of nitrogens with zero attached hydrogens (tertiary/aromatic N) is 6. The lowest BCUT2D eigenvalue weighted by atomic mass is 10.4. The first-order valence-electron chi connectivity index (χ1n) is 6.60. The summed E-state index contributed by atoms with van der Waals surface area (Å²) in [4.78, 5) is 24.0. The van der Waals surface area contributed by atoms with Crippen molar-refractivity contribution in [1.29, 1.82) is 0 Å². The van der Waals surface area contributed by atoms with Crippen LogP contribution in [-0.2, 0) is 6.54 Å². The molecule has 0 saturated carbocycles. The standard InChI is InChI=1S/C13H11N9/c1-2-16-11-8(1)18-7-19-13(11)17-6-10-20-12(22-21-10)9-5-14-3-4-15-9/h1-5,7,16H,6H2,(H,17,18,19)(H,20,21,22). The van der Waals surface area contributed by atoms with E-state index in [4.69, 9.17) is 0 Å². The molecule has 4 rings (SSSR count). The first-order chi connectivity index (χ1) is 10.9. The average molecular weight is 293 g/mol. The lowest BCUT2D eigenvalue weighted by molar-refractivity contribution is 0.947. The Kier molecular flexibility index (Phi) is 2.93. The van der Waals surface area contributed by atoms with Crippen molar-refractivity contribution in [1.82, 2.24) is 40.1 Å². The van der Waals surface area contributed by atoms with E-state index in [1.807, 2.05) is 12.3 Å². The van der Waals surface area contributed by atoms with Crippen LogP contribution >= 0.6 is 0 Å². The van der Waals surface area contributed by atoms with Crippen molar-refractivity contribution in [2.75, 3.05) is 5.32 Å². The topological polar surface area (TPSA) is 121 Å². The van der Waals surface area contributed by atoms with Gasteiger partial charge in [0.15, 0.2) is 5.82 Å². The molecular weight excluding hydrogens is 282 g/mol. The van der Waals surface area contributed by atoms with Gasteiger partial charge in [0, 0.05) is 18.6 Å². The lowest BCUT2D eigenvalue weighted by Gasteiger charge is -2.03. The molecule has 0 radical (unpaired) electrons. The highest BCUT2D eigenvalue weighted by atomic mass is 15.2. The summed E-state index contributed by atoms with van der Waals surface area (Å²) in [7, 11) is 0. The van der Waals surface area contributed by atoms with Crippen molar-refractivity contribution < 1.29 is 0 Å². The van der Waals surface area contributed by atoms with E-state index < -0.39 is 0 Å². The van der Waals surface area contributed by atoms with Crippen molar-refractivity contribution in [3.63, 3.8) is 0 Å². The summed E-state index contributed by atoms with van der Waals surface area (Å²) in [5.41, 5.74) is 2.34. The number of fused-ring (bicyclic) bond motifs is 1. The maximum absolute atomic E-state index is 4.38. The summed E-state index contributed by atoms with van der Waals surface area (Å²) in [6.45, 7) is 0.457. The summed E-state index contributed by atoms with van der Waals surface area (Å²) in [6.07, 6.45) is 8.17. The van der Waals surface area contributed by atoms with E-state index >= 15 is 0 Å². The second-order valence-corrected chi connectivity index (χ2v) is 4.51.